The van der Waals surface area contributed by atoms with Crippen LogP contribution < -0.4 is 11.1 Å². The Bertz CT molecular complexity index is 699. The van der Waals surface area contributed by atoms with Gasteiger partial charge in [0.15, 0.2) is 0 Å². The van der Waals surface area contributed by atoms with Gasteiger partial charge >= 0.3 is 5.97 Å². The summed E-state index contributed by atoms with van der Waals surface area (Å²) in [7, 11) is 0. The molecule has 0 aromatic heterocycles. The molecule has 1 unspecified atom stereocenters. The fraction of sp³-hybridized carbons (Fsp3) is 0.300. The number of hydrogen-bond donors (Lipinski definition) is 2. The van der Waals surface area contributed by atoms with E-state index in [0.717, 1.165) is 16.7 Å². The molecule has 2 aromatic rings. The molecule has 5 nitrogen and oxygen atoms in total. The van der Waals surface area contributed by atoms with Gasteiger partial charge in [-0.3, -0.25) is 14.9 Å². The first-order valence-corrected chi connectivity index (χ1v) is 8.37. The van der Waals surface area contributed by atoms with Crippen LogP contribution >= 0.6 is 0 Å². The first-order chi connectivity index (χ1) is 12.0. The number of primary amides is 1. The Kier molecular flexibility index (Phi) is 6.71. The van der Waals surface area contributed by atoms with Crippen molar-refractivity contribution < 1.29 is 14.3 Å². The number of ether oxygens (including phenoxy) is 1. The number of carbonyl (C=O) groups is 2. The Balaban J connectivity index is 2.04. The molecule has 132 valence electrons. The summed E-state index contributed by atoms with van der Waals surface area (Å²) in [5, 5.41) is 2.95. The summed E-state index contributed by atoms with van der Waals surface area (Å²) in [4.78, 5) is 23.4. The highest BCUT2D eigenvalue weighted by Gasteiger charge is 2.22. The molecular formula is C20H24N2O3. The molecular weight excluding hydrogens is 316 g/mol. The van der Waals surface area contributed by atoms with Crippen LogP contribution in [0.4, 0.5) is 0 Å². The van der Waals surface area contributed by atoms with Crippen LogP contribution in [-0.4, -0.2) is 30.6 Å². The SMILES string of the molecule is CCOC(=O)[C@H](C)NC(Cc1ccc(-c2ccccc2)cc1)C(N)=O. The van der Waals surface area contributed by atoms with Crippen molar-refractivity contribution in [3.63, 3.8) is 0 Å². The van der Waals surface area contributed by atoms with E-state index in [-0.39, 0.29) is 0 Å². The van der Waals surface area contributed by atoms with Crippen molar-refractivity contribution in [2.75, 3.05) is 6.61 Å². The van der Waals surface area contributed by atoms with Crippen LogP contribution in [-0.2, 0) is 20.7 Å². The van der Waals surface area contributed by atoms with Gasteiger partial charge in [0.25, 0.3) is 0 Å². The highest BCUT2D eigenvalue weighted by Crippen LogP contribution is 2.19. The Labute approximate surface area is 148 Å². The van der Waals surface area contributed by atoms with Crippen molar-refractivity contribution in [2.45, 2.75) is 32.4 Å². The maximum Gasteiger partial charge on any atom is 0.322 e. The smallest absolute Gasteiger partial charge is 0.322 e. The van der Waals surface area contributed by atoms with Crippen molar-refractivity contribution in [1.82, 2.24) is 5.32 Å². The lowest BCUT2D eigenvalue weighted by Gasteiger charge is -2.20. The third-order valence-corrected chi connectivity index (χ3v) is 3.94. The minimum Gasteiger partial charge on any atom is -0.465 e. The summed E-state index contributed by atoms with van der Waals surface area (Å²) in [6.07, 6.45) is 0.411. The van der Waals surface area contributed by atoms with Crippen LogP contribution in [0, 0.1) is 0 Å². The molecule has 0 saturated heterocycles. The van der Waals surface area contributed by atoms with E-state index in [0.29, 0.717) is 13.0 Å². The quantitative estimate of drug-likeness (QED) is 0.723. The predicted molar refractivity (Wildman–Crippen MR) is 97.8 cm³/mol. The molecule has 0 heterocycles. The van der Waals surface area contributed by atoms with E-state index in [2.05, 4.69) is 5.32 Å². The molecule has 0 aliphatic rings. The molecule has 2 atom stereocenters. The van der Waals surface area contributed by atoms with Crippen LogP contribution in [0.1, 0.15) is 19.4 Å². The third kappa shape index (κ3) is 5.43. The Morgan fingerprint density at radius 2 is 1.64 bits per heavy atom. The zero-order valence-electron chi connectivity index (χ0n) is 14.6. The molecule has 0 spiro atoms. The van der Waals surface area contributed by atoms with Gasteiger partial charge in [0.05, 0.1) is 12.6 Å². The molecule has 5 heteroatoms. The van der Waals surface area contributed by atoms with E-state index in [1.54, 1.807) is 13.8 Å². The van der Waals surface area contributed by atoms with Crippen molar-refractivity contribution in [3.05, 3.63) is 60.2 Å². The van der Waals surface area contributed by atoms with E-state index in [4.69, 9.17) is 10.5 Å². The molecule has 3 N–H and O–H groups in total. The van der Waals surface area contributed by atoms with E-state index < -0.39 is 24.0 Å². The zero-order chi connectivity index (χ0) is 18.2. The van der Waals surface area contributed by atoms with Crippen molar-refractivity contribution in [2.24, 2.45) is 5.73 Å². The second-order valence-electron chi connectivity index (χ2n) is 5.86. The average Bonchev–Trinajstić information content (AvgIpc) is 2.62. The molecule has 2 aromatic carbocycles. The number of esters is 1. The van der Waals surface area contributed by atoms with Gasteiger partial charge in [-0.15, -0.1) is 0 Å². The highest BCUT2D eigenvalue weighted by atomic mass is 16.5. The second kappa shape index (κ2) is 8.99. The molecule has 0 bridgehead atoms. The van der Waals surface area contributed by atoms with E-state index in [9.17, 15) is 9.59 Å². The monoisotopic (exact) mass is 340 g/mol. The predicted octanol–water partition coefficient (Wildman–Crippen LogP) is 2.29. The lowest BCUT2D eigenvalue weighted by molar-refractivity contribution is -0.145. The number of hydrogen-bond acceptors (Lipinski definition) is 4. The molecule has 1 amide bonds. The van der Waals surface area contributed by atoms with Gasteiger partial charge in [-0.1, -0.05) is 54.6 Å². The summed E-state index contributed by atoms with van der Waals surface area (Å²) in [6, 6.07) is 16.8. The fourth-order valence-electron chi connectivity index (χ4n) is 2.58. The number of carbonyl (C=O) groups excluding carboxylic acids is 2. The number of amides is 1. The molecule has 0 aliphatic heterocycles. The first-order valence-electron chi connectivity index (χ1n) is 8.37. The second-order valence-corrected chi connectivity index (χ2v) is 5.86. The van der Waals surface area contributed by atoms with E-state index in [1.807, 2.05) is 54.6 Å². The van der Waals surface area contributed by atoms with Crippen molar-refractivity contribution in [3.8, 4) is 11.1 Å². The lowest BCUT2D eigenvalue weighted by Crippen LogP contribution is -2.49. The Morgan fingerprint density at radius 1 is 1.04 bits per heavy atom. The maximum absolute atomic E-state index is 11.7. The van der Waals surface area contributed by atoms with Crippen LogP contribution in [0.5, 0.6) is 0 Å². The van der Waals surface area contributed by atoms with Crippen molar-refractivity contribution >= 4 is 11.9 Å². The van der Waals surface area contributed by atoms with Gasteiger partial charge in [0.1, 0.15) is 6.04 Å². The third-order valence-electron chi connectivity index (χ3n) is 3.94. The lowest BCUT2D eigenvalue weighted by atomic mass is 10.00. The standard InChI is InChI=1S/C20H24N2O3/c1-3-25-20(24)14(2)22-18(19(21)23)13-15-9-11-17(12-10-15)16-7-5-4-6-8-16/h4-12,14,18,22H,3,13H2,1-2H3,(H2,21,23)/t14-,18?/m0/s1. The molecule has 0 saturated carbocycles. The van der Waals surface area contributed by atoms with Crippen LogP contribution in [0.15, 0.2) is 54.6 Å². The van der Waals surface area contributed by atoms with Gasteiger partial charge in [0.2, 0.25) is 5.91 Å². The topological polar surface area (TPSA) is 81.4 Å². The number of nitrogens with two attached hydrogens (primary N) is 1. The van der Waals surface area contributed by atoms with Crippen LogP contribution in [0.25, 0.3) is 11.1 Å². The van der Waals surface area contributed by atoms with Crippen LogP contribution in [0.2, 0.25) is 0 Å². The van der Waals surface area contributed by atoms with Gasteiger partial charge in [-0.2, -0.15) is 0 Å². The number of rotatable bonds is 8. The molecule has 0 aliphatic carbocycles. The summed E-state index contributed by atoms with van der Waals surface area (Å²) >= 11 is 0. The first kappa shape index (κ1) is 18.7. The fourth-order valence-corrected chi connectivity index (χ4v) is 2.58. The molecule has 0 fully saturated rings. The van der Waals surface area contributed by atoms with Gasteiger partial charge in [-0.25, -0.2) is 0 Å². The summed E-state index contributed by atoms with van der Waals surface area (Å²) in [6.45, 7) is 3.70. The average molecular weight is 340 g/mol. The number of benzene rings is 2. The largest absolute Gasteiger partial charge is 0.465 e. The summed E-state index contributed by atoms with van der Waals surface area (Å²) in [5.41, 5.74) is 8.68. The van der Waals surface area contributed by atoms with E-state index >= 15 is 0 Å². The normalized spacial score (nSPS) is 13.0. The van der Waals surface area contributed by atoms with E-state index in [1.165, 1.54) is 0 Å². The van der Waals surface area contributed by atoms with Gasteiger partial charge in [-0.05, 0) is 37.0 Å². The Hall–Kier alpha value is -2.66. The minimum atomic E-state index is -0.637. The molecule has 25 heavy (non-hydrogen) atoms. The zero-order valence-corrected chi connectivity index (χ0v) is 14.6. The summed E-state index contributed by atoms with van der Waals surface area (Å²) in [5.74, 6) is -0.892. The number of nitrogens with one attached hydrogen (secondary N) is 1. The van der Waals surface area contributed by atoms with Crippen LogP contribution in [0.3, 0.4) is 0 Å². The van der Waals surface area contributed by atoms with Crippen molar-refractivity contribution in [1.29, 1.82) is 0 Å². The van der Waals surface area contributed by atoms with Gasteiger partial charge < -0.3 is 10.5 Å². The maximum atomic E-state index is 11.7. The minimum absolute atomic E-state index is 0.299. The van der Waals surface area contributed by atoms with Gasteiger partial charge in [0, 0.05) is 0 Å². The Morgan fingerprint density at radius 3 is 2.20 bits per heavy atom. The summed E-state index contributed by atoms with van der Waals surface area (Å²) < 4.78 is 4.95. The molecule has 0 radical (unpaired) electrons. The highest BCUT2D eigenvalue weighted by molar-refractivity contribution is 5.82. The molecule has 2 rings (SSSR count).